The second-order valence-electron chi connectivity index (χ2n) is 4.47. The quantitative estimate of drug-likeness (QED) is 0.838. The van der Waals surface area contributed by atoms with E-state index in [1.807, 2.05) is 48.6 Å². The predicted molar refractivity (Wildman–Crippen MR) is 80.5 cm³/mol. The molecule has 0 heterocycles. The number of fused-ring (bicyclic) bond motifs is 1. The summed E-state index contributed by atoms with van der Waals surface area (Å²) in [5.74, 6) is 0.0790. The Hall–Kier alpha value is -2.29. The Morgan fingerprint density at radius 2 is 2.05 bits per heavy atom. The van der Waals surface area contributed by atoms with Crippen LogP contribution in [0.5, 0.6) is 5.75 Å². The highest BCUT2D eigenvalue weighted by Crippen LogP contribution is 2.29. The first-order valence-corrected chi connectivity index (χ1v) is 6.75. The monoisotopic (exact) mass is 270 g/mol. The van der Waals surface area contributed by atoms with Gasteiger partial charge in [0.15, 0.2) is 0 Å². The fourth-order valence-corrected chi connectivity index (χ4v) is 2.05. The van der Waals surface area contributed by atoms with Gasteiger partial charge in [0.1, 0.15) is 5.75 Å². The van der Waals surface area contributed by atoms with E-state index in [9.17, 15) is 9.90 Å². The molecule has 0 spiro atoms. The minimum absolute atomic E-state index is 0.195. The first kappa shape index (κ1) is 14.1. The van der Waals surface area contributed by atoms with Crippen molar-refractivity contribution in [2.45, 2.75) is 19.8 Å². The van der Waals surface area contributed by atoms with Crippen molar-refractivity contribution in [3.05, 3.63) is 48.0 Å². The van der Waals surface area contributed by atoms with Crippen molar-refractivity contribution in [1.29, 1.82) is 0 Å². The first-order chi connectivity index (χ1) is 9.72. The Labute approximate surface area is 118 Å². The van der Waals surface area contributed by atoms with Crippen molar-refractivity contribution >= 4 is 22.8 Å². The molecule has 0 aliphatic rings. The summed E-state index contributed by atoms with van der Waals surface area (Å²) in [6, 6.07) is 11.5. The summed E-state index contributed by atoms with van der Waals surface area (Å²) in [6.45, 7) is 2.20. The SMILES string of the molecule is CCOC(=O)CCC=Cc1ccc2ccccc2c1O. The molecule has 1 N–H and O–H groups in total. The van der Waals surface area contributed by atoms with Crippen molar-refractivity contribution in [2.75, 3.05) is 6.61 Å². The van der Waals surface area contributed by atoms with Crippen LogP contribution < -0.4 is 0 Å². The van der Waals surface area contributed by atoms with E-state index >= 15 is 0 Å². The number of phenolic OH excluding ortho intramolecular Hbond substituents is 1. The van der Waals surface area contributed by atoms with Crippen molar-refractivity contribution in [1.82, 2.24) is 0 Å². The molecule has 2 aromatic carbocycles. The summed E-state index contributed by atoms with van der Waals surface area (Å²) < 4.78 is 4.85. The van der Waals surface area contributed by atoms with Crippen LogP contribution in [-0.4, -0.2) is 17.7 Å². The molecule has 104 valence electrons. The molecule has 0 radical (unpaired) electrons. The summed E-state index contributed by atoms with van der Waals surface area (Å²) in [6.07, 6.45) is 4.67. The van der Waals surface area contributed by atoms with E-state index in [4.69, 9.17) is 4.74 Å². The van der Waals surface area contributed by atoms with E-state index in [2.05, 4.69) is 0 Å². The molecule has 0 unspecified atom stereocenters. The van der Waals surface area contributed by atoms with Crippen LogP contribution in [0.2, 0.25) is 0 Å². The van der Waals surface area contributed by atoms with E-state index in [0.717, 1.165) is 16.3 Å². The Morgan fingerprint density at radius 3 is 2.85 bits per heavy atom. The van der Waals surface area contributed by atoms with Crippen molar-refractivity contribution in [3.8, 4) is 5.75 Å². The van der Waals surface area contributed by atoms with Gasteiger partial charge in [-0.3, -0.25) is 4.79 Å². The van der Waals surface area contributed by atoms with Gasteiger partial charge in [0.2, 0.25) is 0 Å². The van der Waals surface area contributed by atoms with Gasteiger partial charge < -0.3 is 9.84 Å². The number of esters is 1. The lowest BCUT2D eigenvalue weighted by Gasteiger charge is -2.04. The van der Waals surface area contributed by atoms with Gasteiger partial charge >= 0.3 is 5.97 Å². The molecule has 0 amide bonds. The second kappa shape index (κ2) is 6.75. The number of hydrogen-bond donors (Lipinski definition) is 1. The average Bonchev–Trinajstić information content (AvgIpc) is 2.46. The molecule has 0 atom stereocenters. The van der Waals surface area contributed by atoms with Crippen molar-refractivity contribution < 1.29 is 14.6 Å². The molecule has 3 nitrogen and oxygen atoms in total. The number of benzene rings is 2. The Kier molecular flexibility index (Phi) is 4.77. The van der Waals surface area contributed by atoms with Crippen LogP contribution in [0.4, 0.5) is 0 Å². The highest BCUT2D eigenvalue weighted by Gasteiger charge is 2.03. The number of aromatic hydroxyl groups is 1. The average molecular weight is 270 g/mol. The van der Waals surface area contributed by atoms with E-state index in [0.29, 0.717) is 19.4 Å². The third-order valence-electron chi connectivity index (χ3n) is 3.05. The molecule has 0 saturated heterocycles. The normalized spacial score (nSPS) is 11.1. The summed E-state index contributed by atoms with van der Waals surface area (Å²) in [5, 5.41) is 12.0. The topological polar surface area (TPSA) is 46.5 Å². The number of phenols is 1. The summed E-state index contributed by atoms with van der Waals surface area (Å²) in [7, 11) is 0. The Bertz CT molecular complexity index is 629. The molecule has 3 heteroatoms. The molecule has 0 aliphatic heterocycles. The maximum atomic E-state index is 11.2. The van der Waals surface area contributed by atoms with Crippen LogP contribution >= 0.6 is 0 Å². The molecule has 20 heavy (non-hydrogen) atoms. The number of carbonyl (C=O) groups excluding carboxylic acids is 1. The number of carbonyl (C=O) groups is 1. The summed E-state index contributed by atoms with van der Waals surface area (Å²) in [4.78, 5) is 11.2. The molecule has 2 aromatic rings. The molecule has 0 fully saturated rings. The molecule has 0 aromatic heterocycles. The van der Waals surface area contributed by atoms with E-state index in [1.165, 1.54) is 0 Å². The fraction of sp³-hybridized carbons (Fsp3) is 0.235. The second-order valence-corrected chi connectivity index (χ2v) is 4.47. The highest BCUT2D eigenvalue weighted by atomic mass is 16.5. The number of rotatable bonds is 5. The smallest absolute Gasteiger partial charge is 0.306 e. The third-order valence-corrected chi connectivity index (χ3v) is 3.05. The van der Waals surface area contributed by atoms with E-state index < -0.39 is 0 Å². The largest absolute Gasteiger partial charge is 0.507 e. The van der Waals surface area contributed by atoms with Gasteiger partial charge in [-0.1, -0.05) is 48.6 Å². The van der Waals surface area contributed by atoms with Gasteiger partial charge in [0.05, 0.1) is 6.61 Å². The summed E-state index contributed by atoms with van der Waals surface area (Å²) >= 11 is 0. The van der Waals surface area contributed by atoms with Gasteiger partial charge in [-0.25, -0.2) is 0 Å². The molecule has 2 rings (SSSR count). The van der Waals surface area contributed by atoms with Crippen LogP contribution in [0, 0.1) is 0 Å². The molecular formula is C17H18O3. The Balaban J connectivity index is 2.06. The minimum Gasteiger partial charge on any atom is -0.507 e. The van der Waals surface area contributed by atoms with Gasteiger partial charge in [0, 0.05) is 17.4 Å². The lowest BCUT2D eigenvalue weighted by atomic mass is 10.0. The highest BCUT2D eigenvalue weighted by molar-refractivity contribution is 5.91. The van der Waals surface area contributed by atoms with Crippen molar-refractivity contribution in [3.63, 3.8) is 0 Å². The number of hydrogen-bond acceptors (Lipinski definition) is 3. The van der Waals surface area contributed by atoms with Gasteiger partial charge in [-0.15, -0.1) is 0 Å². The van der Waals surface area contributed by atoms with Crippen LogP contribution in [0.15, 0.2) is 42.5 Å². The summed E-state index contributed by atoms with van der Waals surface area (Å²) in [5.41, 5.74) is 0.757. The maximum Gasteiger partial charge on any atom is 0.306 e. The number of allylic oxidation sites excluding steroid dienone is 1. The van der Waals surface area contributed by atoms with E-state index in [1.54, 1.807) is 6.92 Å². The molecule has 0 bridgehead atoms. The van der Waals surface area contributed by atoms with Crippen LogP contribution in [0.3, 0.4) is 0 Å². The third kappa shape index (κ3) is 3.38. The first-order valence-electron chi connectivity index (χ1n) is 6.75. The molecular weight excluding hydrogens is 252 g/mol. The molecule has 0 saturated carbocycles. The zero-order valence-corrected chi connectivity index (χ0v) is 11.5. The van der Waals surface area contributed by atoms with Gasteiger partial charge in [-0.2, -0.15) is 0 Å². The standard InChI is InChI=1S/C17H18O3/c1-2-20-16(18)10-6-4-8-14-12-11-13-7-3-5-9-15(13)17(14)19/h3-5,7-9,11-12,19H,2,6,10H2,1H3. The van der Waals surface area contributed by atoms with Crippen LogP contribution in [-0.2, 0) is 9.53 Å². The zero-order valence-electron chi connectivity index (χ0n) is 11.5. The fourth-order valence-electron chi connectivity index (χ4n) is 2.05. The van der Waals surface area contributed by atoms with Gasteiger partial charge in [0.25, 0.3) is 0 Å². The van der Waals surface area contributed by atoms with Crippen LogP contribution in [0.25, 0.3) is 16.8 Å². The minimum atomic E-state index is -0.195. The number of ether oxygens (including phenoxy) is 1. The van der Waals surface area contributed by atoms with Gasteiger partial charge in [-0.05, 0) is 18.7 Å². The van der Waals surface area contributed by atoms with Crippen LogP contribution in [0.1, 0.15) is 25.3 Å². The molecule has 0 aliphatic carbocycles. The lowest BCUT2D eigenvalue weighted by molar-refractivity contribution is -0.142. The van der Waals surface area contributed by atoms with Crippen molar-refractivity contribution in [2.24, 2.45) is 0 Å². The maximum absolute atomic E-state index is 11.2. The zero-order chi connectivity index (χ0) is 14.4. The lowest BCUT2D eigenvalue weighted by Crippen LogP contribution is -2.02. The van der Waals surface area contributed by atoms with E-state index in [-0.39, 0.29) is 11.7 Å². The predicted octanol–water partition coefficient (Wildman–Crippen LogP) is 3.90. The Morgan fingerprint density at radius 1 is 1.25 bits per heavy atom.